The molecule has 0 bridgehead atoms. The maximum Gasteiger partial charge on any atom is 0.271 e. The van der Waals surface area contributed by atoms with Crippen molar-refractivity contribution in [2.24, 2.45) is 7.05 Å². The molecule has 0 aliphatic heterocycles. The Bertz CT molecular complexity index is 627. The van der Waals surface area contributed by atoms with Gasteiger partial charge >= 0.3 is 0 Å². The summed E-state index contributed by atoms with van der Waals surface area (Å²) in [5.74, 6) is 0. The summed E-state index contributed by atoms with van der Waals surface area (Å²) in [7, 11) is 1.86. The summed E-state index contributed by atoms with van der Waals surface area (Å²) >= 11 is 6.15. The molecule has 0 aliphatic carbocycles. The van der Waals surface area contributed by atoms with Gasteiger partial charge in [-0.25, -0.2) is 0 Å². The molecule has 0 atom stereocenters. The number of hydrogen-bond acceptors (Lipinski definition) is 4. The molecule has 0 radical (unpaired) electrons. The number of nitrogens with zero attached hydrogens (tertiary/aromatic N) is 4. The molecular weight excluding hydrogens is 280 g/mol. The van der Waals surface area contributed by atoms with E-state index in [4.69, 9.17) is 11.6 Å². The minimum Gasteiger partial charge on any atom is -0.366 e. The average molecular weight is 295 g/mol. The number of aryl methyl sites for hydroxylation is 1. The molecule has 20 heavy (non-hydrogen) atoms. The zero-order valence-corrected chi connectivity index (χ0v) is 12.0. The molecule has 0 amide bonds. The molecule has 1 aromatic carbocycles. The van der Waals surface area contributed by atoms with Crippen LogP contribution in [0.2, 0.25) is 5.02 Å². The molecule has 106 valence electrons. The van der Waals surface area contributed by atoms with Crippen LogP contribution in [0.1, 0.15) is 12.5 Å². The standard InChI is InChI=1S/C13H15ClN4O2/c1-3-17(9-10-7-15-16(2)8-10)13-5-4-11(18(19)20)6-12(13)14/h4-8H,3,9H2,1-2H3. The van der Waals surface area contributed by atoms with Crippen LogP contribution in [0.5, 0.6) is 0 Å². The van der Waals surface area contributed by atoms with Gasteiger partial charge in [0.2, 0.25) is 0 Å². The normalized spacial score (nSPS) is 10.6. The van der Waals surface area contributed by atoms with E-state index in [0.717, 1.165) is 17.8 Å². The van der Waals surface area contributed by atoms with Crippen molar-refractivity contribution in [3.8, 4) is 0 Å². The van der Waals surface area contributed by atoms with Gasteiger partial charge in [0.05, 0.1) is 21.8 Å². The van der Waals surface area contributed by atoms with Crippen molar-refractivity contribution >= 4 is 23.0 Å². The Kier molecular flexibility index (Phi) is 4.24. The lowest BCUT2D eigenvalue weighted by Crippen LogP contribution is -2.22. The average Bonchev–Trinajstić information content (AvgIpc) is 2.81. The zero-order chi connectivity index (χ0) is 14.7. The highest BCUT2D eigenvalue weighted by Crippen LogP contribution is 2.30. The minimum atomic E-state index is -0.451. The molecule has 0 saturated carbocycles. The fraction of sp³-hybridized carbons (Fsp3) is 0.308. The lowest BCUT2D eigenvalue weighted by atomic mass is 10.2. The van der Waals surface area contributed by atoms with Crippen molar-refractivity contribution < 1.29 is 4.92 Å². The number of hydrogen-bond donors (Lipinski definition) is 0. The van der Waals surface area contributed by atoms with E-state index in [1.807, 2.05) is 25.1 Å². The molecule has 2 rings (SSSR count). The molecule has 0 N–H and O–H groups in total. The summed E-state index contributed by atoms with van der Waals surface area (Å²) in [6.45, 7) is 3.41. The van der Waals surface area contributed by atoms with Gasteiger partial charge in [-0.1, -0.05) is 11.6 Å². The molecule has 0 spiro atoms. The number of benzene rings is 1. The highest BCUT2D eigenvalue weighted by molar-refractivity contribution is 6.33. The van der Waals surface area contributed by atoms with E-state index in [1.54, 1.807) is 16.9 Å². The van der Waals surface area contributed by atoms with Crippen LogP contribution in [-0.4, -0.2) is 21.2 Å². The molecular formula is C13H15ClN4O2. The second-order valence-electron chi connectivity index (χ2n) is 4.43. The Morgan fingerprint density at radius 3 is 2.75 bits per heavy atom. The van der Waals surface area contributed by atoms with Gasteiger partial charge in [0.1, 0.15) is 0 Å². The van der Waals surface area contributed by atoms with Crippen LogP contribution in [0, 0.1) is 10.1 Å². The molecule has 2 aromatic rings. The van der Waals surface area contributed by atoms with Gasteiger partial charge in [0.15, 0.2) is 0 Å². The molecule has 7 heteroatoms. The van der Waals surface area contributed by atoms with Crippen molar-refractivity contribution in [1.82, 2.24) is 9.78 Å². The topological polar surface area (TPSA) is 64.2 Å². The predicted octanol–water partition coefficient (Wildman–Crippen LogP) is 3.01. The molecule has 0 unspecified atom stereocenters. The first-order chi connectivity index (χ1) is 9.51. The van der Waals surface area contributed by atoms with Crippen LogP contribution in [0.25, 0.3) is 0 Å². The Morgan fingerprint density at radius 1 is 1.50 bits per heavy atom. The number of rotatable bonds is 5. The largest absolute Gasteiger partial charge is 0.366 e. The maximum absolute atomic E-state index is 10.7. The van der Waals surface area contributed by atoms with Gasteiger partial charge in [-0.3, -0.25) is 14.8 Å². The number of nitro benzene ring substituents is 1. The Labute approximate surface area is 121 Å². The molecule has 1 heterocycles. The van der Waals surface area contributed by atoms with Gasteiger partial charge in [0, 0.05) is 44.0 Å². The smallest absolute Gasteiger partial charge is 0.271 e. The first-order valence-electron chi connectivity index (χ1n) is 6.17. The number of halogens is 1. The summed E-state index contributed by atoms with van der Waals surface area (Å²) < 4.78 is 1.74. The van der Waals surface area contributed by atoms with Gasteiger partial charge in [0.25, 0.3) is 5.69 Å². The van der Waals surface area contributed by atoms with E-state index in [1.165, 1.54) is 12.1 Å². The number of anilines is 1. The SMILES string of the molecule is CCN(Cc1cnn(C)c1)c1ccc([N+](=O)[O-])cc1Cl. The van der Waals surface area contributed by atoms with Gasteiger partial charge in [-0.05, 0) is 13.0 Å². The van der Waals surface area contributed by atoms with E-state index in [2.05, 4.69) is 5.10 Å². The number of non-ortho nitro benzene ring substituents is 1. The fourth-order valence-electron chi connectivity index (χ4n) is 2.01. The second-order valence-corrected chi connectivity index (χ2v) is 4.84. The lowest BCUT2D eigenvalue weighted by Gasteiger charge is -2.23. The van der Waals surface area contributed by atoms with Gasteiger partial charge < -0.3 is 4.90 Å². The quantitative estimate of drug-likeness (QED) is 0.628. The van der Waals surface area contributed by atoms with E-state index < -0.39 is 4.92 Å². The number of aromatic nitrogens is 2. The molecule has 0 saturated heterocycles. The summed E-state index contributed by atoms with van der Waals surface area (Å²) in [5.41, 5.74) is 1.84. The predicted molar refractivity (Wildman–Crippen MR) is 78.0 cm³/mol. The monoisotopic (exact) mass is 294 g/mol. The van der Waals surface area contributed by atoms with Crippen LogP contribution in [0.15, 0.2) is 30.6 Å². The van der Waals surface area contributed by atoms with Crippen LogP contribution < -0.4 is 4.90 Å². The molecule has 6 nitrogen and oxygen atoms in total. The van der Waals surface area contributed by atoms with Crippen LogP contribution in [0.4, 0.5) is 11.4 Å². The molecule has 0 fully saturated rings. The minimum absolute atomic E-state index is 0.00354. The zero-order valence-electron chi connectivity index (χ0n) is 11.3. The lowest BCUT2D eigenvalue weighted by molar-refractivity contribution is -0.384. The van der Waals surface area contributed by atoms with Gasteiger partial charge in [-0.2, -0.15) is 5.10 Å². The van der Waals surface area contributed by atoms with Crippen LogP contribution >= 0.6 is 11.6 Å². The van der Waals surface area contributed by atoms with Crippen molar-refractivity contribution in [3.05, 3.63) is 51.3 Å². The first-order valence-corrected chi connectivity index (χ1v) is 6.55. The van der Waals surface area contributed by atoms with Crippen LogP contribution in [0.3, 0.4) is 0 Å². The fourth-order valence-corrected chi connectivity index (χ4v) is 2.30. The van der Waals surface area contributed by atoms with Gasteiger partial charge in [-0.15, -0.1) is 0 Å². The van der Waals surface area contributed by atoms with Crippen molar-refractivity contribution in [2.45, 2.75) is 13.5 Å². The Balaban J connectivity index is 2.25. The summed E-state index contributed by atoms with van der Waals surface area (Å²) in [6.07, 6.45) is 3.73. The highest BCUT2D eigenvalue weighted by atomic mass is 35.5. The summed E-state index contributed by atoms with van der Waals surface area (Å²) in [4.78, 5) is 12.3. The third-order valence-corrected chi connectivity index (χ3v) is 3.30. The summed E-state index contributed by atoms with van der Waals surface area (Å²) in [5, 5.41) is 15.2. The van der Waals surface area contributed by atoms with E-state index in [-0.39, 0.29) is 5.69 Å². The Hall–Kier alpha value is -2.08. The molecule has 0 aliphatic rings. The highest BCUT2D eigenvalue weighted by Gasteiger charge is 2.14. The van der Waals surface area contributed by atoms with Crippen molar-refractivity contribution in [1.29, 1.82) is 0 Å². The van der Waals surface area contributed by atoms with Crippen molar-refractivity contribution in [2.75, 3.05) is 11.4 Å². The third kappa shape index (κ3) is 3.08. The van der Waals surface area contributed by atoms with E-state index in [9.17, 15) is 10.1 Å². The van der Waals surface area contributed by atoms with E-state index >= 15 is 0 Å². The second kappa shape index (κ2) is 5.92. The summed E-state index contributed by atoms with van der Waals surface area (Å²) in [6, 6.07) is 4.52. The molecule has 1 aromatic heterocycles. The maximum atomic E-state index is 10.7. The Morgan fingerprint density at radius 2 is 2.25 bits per heavy atom. The number of nitro groups is 1. The van der Waals surface area contributed by atoms with E-state index in [0.29, 0.717) is 11.6 Å². The van der Waals surface area contributed by atoms with Crippen LogP contribution in [-0.2, 0) is 13.6 Å². The first kappa shape index (κ1) is 14.3. The third-order valence-electron chi connectivity index (χ3n) is 3.00. The van der Waals surface area contributed by atoms with Crippen molar-refractivity contribution in [3.63, 3.8) is 0 Å².